The summed E-state index contributed by atoms with van der Waals surface area (Å²) in [5, 5.41) is 6.90. The molecule has 2 heterocycles. The standard InChI is InChI=1S/C16H18N4O2S/c1-3-5-12-15(23-19-18-12)16(22)17-11-6-7-13-10(8-11)9-14(21)20(13)4-2/h6-8H,3-5,9H2,1-2H3,(H,17,22). The molecule has 1 aromatic heterocycles. The van der Waals surface area contributed by atoms with Crippen molar-refractivity contribution in [2.75, 3.05) is 16.8 Å². The summed E-state index contributed by atoms with van der Waals surface area (Å²) in [6, 6.07) is 5.58. The van der Waals surface area contributed by atoms with Gasteiger partial charge in [0, 0.05) is 17.9 Å². The lowest BCUT2D eigenvalue weighted by molar-refractivity contribution is -0.117. The number of carbonyl (C=O) groups excluding carboxylic acids is 2. The highest BCUT2D eigenvalue weighted by atomic mass is 32.1. The van der Waals surface area contributed by atoms with Crippen LogP contribution in [0.5, 0.6) is 0 Å². The van der Waals surface area contributed by atoms with Gasteiger partial charge < -0.3 is 10.2 Å². The van der Waals surface area contributed by atoms with Crippen LogP contribution in [0.4, 0.5) is 11.4 Å². The molecule has 23 heavy (non-hydrogen) atoms. The number of hydrogen-bond donors (Lipinski definition) is 1. The molecule has 1 N–H and O–H groups in total. The molecule has 120 valence electrons. The zero-order chi connectivity index (χ0) is 16.4. The predicted octanol–water partition coefficient (Wildman–Crippen LogP) is 2.65. The van der Waals surface area contributed by atoms with Crippen molar-refractivity contribution < 1.29 is 9.59 Å². The minimum Gasteiger partial charge on any atom is -0.321 e. The van der Waals surface area contributed by atoms with Gasteiger partial charge in [0.15, 0.2) is 0 Å². The maximum atomic E-state index is 12.4. The molecule has 0 radical (unpaired) electrons. The average Bonchev–Trinajstić information content (AvgIpc) is 3.10. The molecule has 3 rings (SSSR count). The van der Waals surface area contributed by atoms with E-state index in [1.54, 1.807) is 4.90 Å². The number of carbonyl (C=O) groups is 2. The van der Waals surface area contributed by atoms with Crippen LogP contribution in [0.2, 0.25) is 0 Å². The van der Waals surface area contributed by atoms with Gasteiger partial charge in [0.2, 0.25) is 5.91 Å². The molecule has 0 saturated carbocycles. The predicted molar refractivity (Wildman–Crippen MR) is 90.0 cm³/mol. The van der Waals surface area contributed by atoms with Crippen LogP contribution in [-0.2, 0) is 17.6 Å². The van der Waals surface area contributed by atoms with Gasteiger partial charge >= 0.3 is 0 Å². The van der Waals surface area contributed by atoms with E-state index in [0.29, 0.717) is 23.5 Å². The fourth-order valence-electron chi connectivity index (χ4n) is 2.78. The van der Waals surface area contributed by atoms with Crippen LogP contribution in [0.3, 0.4) is 0 Å². The van der Waals surface area contributed by atoms with Crippen molar-refractivity contribution in [1.82, 2.24) is 9.59 Å². The Hall–Kier alpha value is -2.28. The molecular formula is C16H18N4O2S. The van der Waals surface area contributed by atoms with Gasteiger partial charge in [-0.25, -0.2) is 0 Å². The molecule has 0 saturated heterocycles. The molecule has 0 atom stereocenters. The van der Waals surface area contributed by atoms with Crippen molar-refractivity contribution in [2.45, 2.75) is 33.1 Å². The molecule has 1 aliphatic heterocycles. The highest BCUT2D eigenvalue weighted by molar-refractivity contribution is 7.08. The van der Waals surface area contributed by atoms with Crippen molar-refractivity contribution in [2.24, 2.45) is 0 Å². The van der Waals surface area contributed by atoms with Gasteiger partial charge in [-0.15, -0.1) is 5.10 Å². The topological polar surface area (TPSA) is 75.2 Å². The SMILES string of the molecule is CCCc1nnsc1C(=O)Nc1ccc2c(c1)CC(=O)N2CC. The fourth-order valence-corrected chi connectivity index (χ4v) is 3.38. The number of amides is 2. The molecule has 0 fully saturated rings. The second-order valence-corrected chi connectivity index (χ2v) is 6.17. The third-order valence-electron chi connectivity index (χ3n) is 3.84. The maximum absolute atomic E-state index is 12.4. The maximum Gasteiger partial charge on any atom is 0.269 e. The Balaban J connectivity index is 1.79. The lowest BCUT2D eigenvalue weighted by Crippen LogP contribution is -2.25. The third-order valence-corrected chi connectivity index (χ3v) is 4.60. The van der Waals surface area contributed by atoms with Crippen LogP contribution in [0.15, 0.2) is 18.2 Å². The van der Waals surface area contributed by atoms with Gasteiger partial charge in [0.25, 0.3) is 5.91 Å². The minimum absolute atomic E-state index is 0.0999. The van der Waals surface area contributed by atoms with Crippen LogP contribution in [0.1, 0.15) is 41.2 Å². The van der Waals surface area contributed by atoms with Crippen LogP contribution in [-0.4, -0.2) is 27.9 Å². The molecule has 6 nitrogen and oxygen atoms in total. The largest absolute Gasteiger partial charge is 0.321 e. The van der Waals surface area contributed by atoms with E-state index >= 15 is 0 Å². The van der Waals surface area contributed by atoms with E-state index in [1.807, 2.05) is 32.0 Å². The van der Waals surface area contributed by atoms with Crippen LogP contribution >= 0.6 is 11.5 Å². The first-order valence-corrected chi connectivity index (χ1v) is 8.47. The monoisotopic (exact) mass is 330 g/mol. The first kappa shape index (κ1) is 15.6. The number of nitrogens with one attached hydrogen (secondary N) is 1. The Morgan fingerprint density at radius 2 is 2.22 bits per heavy atom. The van der Waals surface area contributed by atoms with E-state index in [4.69, 9.17) is 0 Å². The molecule has 7 heteroatoms. The lowest BCUT2D eigenvalue weighted by Gasteiger charge is -2.14. The van der Waals surface area contributed by atoms with Gasteiger partial charge in [-0.05, 0) is 48.6 Å². The van der Waals surface area contributed by atoms with Gasteiger partial charge in [0.1, 0.15) is 4.88 Å². The molecule has 0 aliphatic carbocycles. The molecular weight excluding hydrogens is 312 g/mol. The Kier molecular flexibility index (Phi) is 4.38. The number of benzene rings is 1. The number of likely N-dealkylation sites (N-methyl/N-ethyl adjacent to an activating group) is 1. The van der Waals surface area contributed by atoms with Gasteiger partial charge in [-0.1, -0.05) is 17.8 Å². The summed E-state index contributed by atoms with van der Waals surface area (Å²) in [5.41, 5.74) is 3.31. The van der Waals surface area contributed by atoms with Crippen molar-refractivity contribution in [3.63, 3.8) is 0 Å². The van der Waals surface area contributed by atoms with Gasteiger partial charge in [-0.2, -0.15) is 0 Å². The molecule has 0 spiro atoms. The smallest absolute Gasteiger partial charge is 0.269 e. The summed E-state index contributed by atoms with van der Waals surface area (Å²) in [7, 11) is 0. The fraction of sp³-hybridized carbons (Fsp3) is 0.375. The number of aromatic nitrogens is 2. The number of hydrogen-bond acceptors (Lipinski definition) is 5. The van der Waals surface area contributed by atoms with E-state index in [-0.39, 0.29) is 11.8 Å². The van der Waals surface area contributed by atoms with Crippen molar-refractivity contribution in [1.29, 1.82) is 0 Å². The van der Waals surface area contributed by atoms with E-state index in [1.165, 1.54) is 0 Å². The van der Waals surface area contributed by atoms with Crippen molar-refractivity contribution in [3.8, 4) is 0 Å². The molecule has 1 aromatic carbocycles. The summed E-state index contributed by atoms with van der Waals surface area (Å²) in [6.07, 6.45) is 2.04. The second kappa shape index (κ2) is 6.45. The van der Waals surface area contributed by atoms with Crippen molar-refractivity contribution in [3.05, 3.63) is 34.3 Å². The number of nitrogens with zero attached hydrogens (tertiary/aromatic N) is 3. The number of rotatable bonds is 5. The van der Waals surface area contributed by atoms with Crippen LogP contribution in [0, 0.1) is 0 Å². The van der Waals surface area contributed by atoms with E-state index < -0.39 is 0 Å². The molecule has 1 aliphatic rings. The first-order chi connectivity index (χ1) is 11.1. The molecule has 0 unspecified atom stereocenters. The Bertz CT molecular complexity index is 756. The number of fused-ring (bicyclic) bond motifs is 1. The highest BCUT2D eigenvalue weighted by Gasteiger charge is 2.26. The molecule has 2 aromatic rings. The Morgan fingerprint density at radius 3 is 2.96 bits per heavy atom. The molecule has 2 amide bonds. The highest BCUT2D eigenvalue weighted by Crippen LogP contribution is 2.31. The molecule has 0 bridgehead atoms. The zero-order valence-corrected chi connectivity index (χ0v) is 13.9. The normalized spacial score (nSPS) is 13.3. The van der Waals surface area contributed by atoms with Crippen molar-refractivity contribution >= 4 is 34.7 Å². The van der Waals surface area contributed by atoms with Gasteiger partial charge in [-0.3, -0.25) is 9.59 Å². The van der Waals surface area contributed by atoms with E-state index in [9.17, 15) is 9.59 Å². The van der Waals surface area contributed by atoms with E-state index in [2.05, 4.69) is 14.9 Å². The Morgan fingerprint density at radius 1 is 1.39 bits per heavy atom. The average molecular weight is 330 g/mol. The summed E-state index contributed by atoms with van der Waals surface area (Å²) in [4.78, 5) is 26.6. The second-order valence-electron chi connectivity index (χ2n) is 5.41. The number of aryl methyl sites for hydroxylation is 1. The zero-order valence-electron chi connectivity index (χ0n) is 13.1. The van der Waals surface area contributed by atoms with E-state index in [0.717, 1.165) is 41.3 Å². The first-order valence-electron chi connectivity index (χ1n) is 7.69. The quantitative estimate of drug-likeness (QED) is 0.914. The summed E-state index contributed by atoms with van der Waals surface area (Å²) < 4.78 is 3.87. The third kappa shape index (κ3) is 2.96. The van der Waals surface area contributed by atoms with Gasteiger partial charge in [0.05, 0.1) is 12.1 Å². The minimum atomic E-state index is -0.194. The van der Waals surface area contributed by atoms with Crippen LogP contribution in [0.25, 0.3) is 0 Å². The lowest BCUT2D eigenvalue weighted by atomic mass is 10.1. The Labute approximate surface area is 138 Å². The number of anilines is 2. The summed E-state index contributed by atoms with van der Waals surface area (Å²) >= 11 is 1.11. The summed E-state index contributed by atoms with van der Waals surface area (Å²) in [5.74, 6) is -0.0945. The summed E-state index contributed by atoms with van der Waals surface area (Å²) in [6.45, 7) is 4.65. The van der Waals surface area contributed by atoms with Crippen LogP contribution < -0.4 is 10.2 Å².